The van der Waals surface area contributed by atoms with Crippen LogP contribution in [0.1, 0.15) is 22.5 Å². The van der Waals surface area contributed by atoms with Gasteiger partial charge in [0.05, 0.1) is 25.3 Å². The topological polar surface area (TPSA) is 105 Å². The molecule has 0 saturated carbocycles. The van der Waals surface area contributed by atoms with E-state index in [1.807, 2.05) is 60.0 Å². The van der Waals surface area contributed by atoms with Gasteiger partial charge in [0, 0.05) is 17.1 Å². The minimum absolute atomic E-state index is 0.171. The molecule has 4 aromatic rings. The van der Waals surface area contributed by atoms with E-state index in [0.29, 0.717) is 22.8 Å². The lowest BCUT2D eigenvalue weighted by atomic mass is 10.2. The predicted octanol–water partition coefficient (Wildman–Crippen LogP) is 5.07. The van der Waals surface area contributed by atoms with Crippen molar-refractivity contribution in [2.45, 2.75) is 24.4 Å². The molecule has 0 spiro atoms. The maximum absolute atomic E-state index is 12.5. The number of urea groups is 1. The number of amides is 2. The van der Waals surface area contributed by atoms with Crippen LogP contribution in [0.15, 0.2) is 78.0 Å². The van der Waals surface area contributed by atoms with Crippen LogP contribution in [0.25, 0.3) is 5.69 Å². The highest BCUT2D eigenvalue weighted by atomic mass is 32.2. The number of nitriles is 1. The minimum Gasteiger partial charge on any atom is -0.497 e. The Morgan fingerprint density at radius 1 is 1.09 bits per heavy atom. The monoisotopic (exact) mass is 484 g/mol. The zero-order valence-corrected chi connectivity index (χ0v) is 20.2. The number of ether oxygens (including phenoxy) is 1. The summed E-state index contributed by atoms with van der Waals surface area (Å²) in [5.74, 6) is 2.09. The number of rotatable bonds is 8. The van der Waals surface area contributed by atoms with Crippen molar-refractivity contribution < 1.29 is 9.53 Å². The second kappa shape index (κ2) is 11.2. The Morgan fingerprint density at radius 3 is 2.66 bits per heavy atom. The lowest BCUT2D eigenvalue weighted by molar-refractivity contribution is 0.251. The molecule has 1 heterocycles. The number of thioether (sulfide) groups is 1. The normalized spacial score (nSPS) is 10.4. The fraction of sp³-hybridized carbons (Fsp3) is 0.154. The Morgan fingerprint density at radius 2 is 1.89 bits per heavy atom. The Bertz CT molecular complexity index is 1360. The molecule has 0 radical (unpaired) electrons. The Hall–Kier alpha value is -4.29. The molecule has 8 nitrogen and oxygen atoms in total. The van der Waals surface area contributed by atoms with Crippen molar-refractivity contribution >= 4 is 23.5 Å². The number of nitrogens with one attached hydrogen (secondary N) is 2. The van der Waals surface area contributed by atoms with Crippen molar-refractivity contribution in [3.05, 3.63) is 95.3 Å². The third kappa shape index (κ3) is 6.19. The van der Waals surface area contributed by atoms with Gasteiger partial charge >= 0.3 is 6.03 Å². The van der Waals surface area contributed by atoms with E-state index in [2.05, 4.69) is 26.9 Å². The average Bonchev–Trinajstić information content (AvgIpc) is 3.29. The average molecular weight is 485 g/mol. The number of carbonyl (C=O) groups excluding carboxylic acids is 1. The highest BCUT2D eigenvalue weighted by Gasteiger charge is 2.16. The van der Waals surface area contributed by atoms with E-state index in [4.69, 9.17) is 10.00 Å². The first kappa shape index (κ1) is 23.9. The fourth-order valence-corrected chi connectivity index (χ4v) is 4.29. The number of hydrogen-bond donors (Lipinski definition) is 2. The molecular formula is C26H24N6O2S. The lowest BCUT2D eigenvalue weighted by Gasteiger charge is -2.12. The summed E-state index contributed by atoms with van der Waals surface area (Å²) in [7, 11) is 1.65. The summed E-state index contributed by atoms with van der Waals surface area (Å²) in [6.45, 7) is 2.20. The number of nitrogens with zero attached hydrogens (tertiary/aromatic N) is 4. The highest BCUT2D eigenvalue weighted by molar-refractivity contribution is 7.98. The van der Waals surface area contributed by atoms with Gasteiger partial charge in [-0.25, -0.2) is 4.79 Å². The summed E-state index contributed by atoms with van der Waals surface area (Å²) >= 11 is 1.56. The van der Waals surface area contributed by atoms with Crippen LogP contribution in [0.2, 0.25) is 0 Å². The zero-order chi connectivity index (χ0) is 24.6. The molecule has 176 valence electrons. The van der Waals surface area contributed by atoms with Gasteiger partial charge in [-0.1, -0.05) is 47.7 Å². The Balaban J connectivity index is 1.51. The first-order chi connectivity index (χ1) is 17.1. The molecule has 35 heavy (non-hydrogen) atoms. The van der Waals surface area contributed by atoms with Crippen LogP contribution in [0.3, 0.4) is 0 Å². The smallest absolute Gasteiger partial charge is 0.319 e. The number of methoxy groups -OCH3 is 1. The maximum atomic E-state index is 12.5. The lowest BCUT2D eigenvalue weighted by Crippen LogP contribution is -2.29. The van der Waals surface area contributed by atoms with Crippen LogP contribution >= 0.6 is 11.8 Å². The summed E-state index contributed by atoms with van der Waals surface area (Å²) in [4.78, 5) is 12.5. The molecule has 2 N–H and O–H groups in total. The molecule has 3 aromatic carbocycles. The van der Waals surface area contributed by atoms with Crippen LogP contribution in [-0.4, -0.2) is 27.9 Å². The highest BCUT2D eigenvalue weighted by Crippen LogP contribution is 2.27. The molecule has 0 aliphatic carbocycles. The van der Waals surface area contributed by atoms with Crippen LogP contribution < -0.4 is 15.4 Å². The second-order valence-electron chi connectivity index (χ2n) is 7.71. The van der Waals surface area contributed by atoms with E-state index in [9.17, 15) is 4.79 Å². The van der Waals surface area contributed by atoms with Crippen molar-refractivity contribution in [3.63, 3.8) is 0 Å². The SMILES string of the molecule is COc1cccc(CSc2nnc(CNC(=O)Nc3cccc(C#N)c3)n2-c2ccc(C)cc2)c1. The molecule has 1 aromatic heterocycles. The molecule has 2 amide bonds. The molecule has 0 bridgehead atoms. The summed E-state index contributed by atoms with van der Waals surface area (Å²) in [5, 5.41) is 24.1. The first-order valence-corrected chi connectivity index (χ1v) is 11.9. The number of aromatic nitrogens is 3. The minimum atomic E-state index is -0.399. The first-order valence-electron chi connectivity index (χ1n) is 10.9. The number of carbonyl (C=O) groups is 1. The van der Waals surface area contributed by atoms with Crippen LogP contribution in [0, 0.1) is 18.3 Å². The molecular weight excluding hydrogens is 460 g/mol. The number of aryl methyl sites for hydroxylation is 1. The standard InChI is InChI=1S/C26H24N6O2S/c1-18-9-11-22(12-10-18)32-24(16-28-25(33)29-21-7-3-5-19(13-21)15-27)30-31-26(32)35-17-20-6-4-8-23(14-20)34-2/h3-14H,16-17H2,1-2H3,(H2,28,29,33). The summed E-state index contributed by atoms with van der Waals surface area (Å²) < 4.78 is 7.27. The van der Waals surface area contributed by atoms with E-state index in [0.717, 1.165) is 27.7 Å². The summed E-state index contributed by atoms with van der Waals surface area (Å²) in [6.07, 6.45) is 0. The molecule has 0 aliphatic heterocycles. The zero-order valence-electron chi connectivity index (χ0n) is 19.4. The maximum Gasteiger partial charge on any atom is 0.319 e. The van der Waals surface area contributed by atoms with Gasteiger partial charge in [0.1, 0.15) is 5.75 Å². The summed E-state index contributed by atoms with van der Waals surface area (Å²) in [5.41, 5.74) is 4.17. The molecule has 9 heteroatoms. The van der Waals surface area contributed by atoms with Crippen LogP contribution in [0.5, 0.6) is 5.75 Å². The van der Waals surface area contributed by atoms with Gasteiger partial charge in [-0.15, -0.1) is 10.2 Å². The van der Waals surface area contributed by atoms with E-state index in [1.54, 1.807) is 43.1 Å². The van der Waals surface area contributed by atoms with E-state index >= 15 is 0 Å². The van der Waals surface area contributed by atoms with Crippen molar-refractivity contribution in [2.75, 3.05) is 12.4 Å². The van der Waals surface area contributed by atoms with Gasteiger partial charge in [-0.3, -0.25) is 4.57 Å². The molecule has 4 rings (SSSR count). The van der Waals surface area contributed by atoms with Crippen LogP contribution in [0.4, 0.5) is 10.5 Å². The Kier molecular flexibility index (Phi) is 7.65. The molecule has 0 fully saturated rings. The van der Waals surface area contributed by atoms with Crippen LogP contribution in [-0.2, 0) is 12.3 Å². The van der Waals surface area contributed by atoms with Gasteiger partial charge in [-0.2, -0.15) is 5.26 Å². The Labute approximate surface area is 208 Å². The van der Waals surface area contributed by atoms with Gasteiger partial charge in [0.15, 0.2) is 11.0 Å². The second-order valence-corrected chi connectivity index (χ2v) is 8.65. The number of anilines is 1. The number of benzene rings is 3. The number of hydrogen-bond acceptors (Lipinski definition) is 6. The van der Waals surface area contributed by atoms with Gasteiger partial charge in [0.25, 0.3) is 0 Å². The van der Waals surface area contributed by atoms with E-state index < -0.39 is 6.03 Å². The van der Waals surface area contributed by atoms with Gasteiger partial charge in [-0.05, 0) is 55.0 Å². The van der Waals surface area contributed by atoms with Crippen molar-refractivity contribution in [1.82, 2.24) is 20.1 Å². The van der Waals surface area contributed by atoms with Gasteiger partial charge in [0.2, 0.25) is 0 Å². The molecule has 0 saturated heterocycles. The van der Waals surface area contributed by atoms with E-state index in [1.165, 1.54) is 0 Å². The predicted molar refractivity (Wildman–Crippen MR) is 136 cm³/mol. The molecule has 0 unspecified atom stereocenters. The molecule has 0 atom stereocenters. The van der Waals surface area contributed by atoms with E-state index in [-0.39, 0.29) is 6.54 Å². The van der Waals surface area contributed by atoms with Crippen molar-refractivity contribution in [1.29, 1.82) is 5.26 Å². The van der Waals surface area contributed by atoms with Crippen molar-refractivity contribution in [2.24, 2.45) is 0 Å². The summed E-state index contributed by atoms with van der Waals surface area (Å²) in [6, 6.07) is 24.4. The van der Waals surface area contributed by atoms with Gasteiger partial charge < -0.3 is 15.4 Å². The third-order valence-corrected chi connectivity index (χ3v) is 6.15. The van der Waals surface area contributed by atoms with Crippen molar-refractivity contribution in [3.8, 4) is 17.5 Å². The quantitative estimate of drug-likeness (QED) is 0.338. The largest absolute Gasteiger partial charge is 0.497 e. The third-order valence-electron chi connectivity index (χ3n) is 5.15. The molecule has 0 aliphatic rings. The fourth-order valence-electron chi connectivity index (χ4n) is 3.37.